The second-order valence-corrected chi connectivity index (χ2v) is 36.2. The van der Waals surface area contributed by atoms with E-state index in [-0.39, 0.29) is 59.3 Å². The number of carbonyl (C=O) groups is 8. The van der Waals surface area contributed by atoms with Gasteiger partial charge in [-0.15, -0.1) is 0 Å². The number of rotatable bonds is 22. The number of nitrogens with one attached hydrogen (secondary N) is 4. The van der Waals surface area contributed by atoms with Gasteiger partial charge in [0.25, 0.3) is 35.4 Å². The Morgan fingerprint density at radius 2 is 0.610 bits per heavy atom. The molecule has 2 aliphatic carbocycles. The van der Waals surface area contributed by atoms with Crippen molar-refractivity contribution in [2.45, 2.75) is 166 Å². The summed E-state index contributed by atoms with van der Waals surface area (Å²) in [6, 6.07) is 14.8. The summed E-state index contributed by atoms with van der Waals surface area (Å²) in [7, 11) is 9.61. The number of nitrogens with zero attached hydrogens (tertiary/aromatic N) is 12. The highest BCUT2D eigenvalue weighted by Crippen LogP contribution is 2.54. The molecule has 0 bridgehead atoms. The quantitative estimate of drug-likeness (QED) is 0.0222. The standard InChI is InChI=1S/C27H33N5O4.2C25H31N5O4.C23H29N5O4/c1-4-5-22(33)31-12-9-16(10-13-31)19-8-11-29-27-24(26(28)34)25(30-32(19)27)18-14-20(35-2)23(17-6-7-17)21(15-18)36-3;1-3-20(32)29-10-7-14(8-11-29)17-6-9-27-25-22(24(26)33)23(28-30(17)25)16-12-18(31)21(15-4-5-15)19(13-16)34-2;1-5-6-21(31)29-11-8-16(9-12-29)18-7-10-27-25-22(24(26)32)23(28-30(18)25)17-13-19(33-3)15(2)20(14-17)34-4;1-4-19(30)27-9-6-14(7-10-27)16-5-8-25-23-20(22(24)31)21(26-28(16)23)15-11-17(29)13(2)18(12-15)32-3/h14-17,19,29H,6-13H2,1-3H3,(H2,28,34);3,12-15,17,27,31H,1,4-11H2,2H3,(H2,26,33);13-14,16,18,27H,7-12H2,1-4H3,(H2,26,32);4,11-12,14,16,25,29H,1,5-10H2,2-3H3,(H2,24,31). The third-order valence-electron chi connectivity index (χ3n) is 28.4. The maximum Gasteiger partial charge on any atom is 0.298 e. The Morgan fingerprint density at radius 1 is 0.360 bits per heavy atom. The van der Waals surface area contributed by atoms with Gasteiger partial charge in [0.1, 0.15) is 114 Å². The normalized spacial score (nSPS) is 19.1. The van der Waals surface area contributed by atoms with Crippen LogP contribution >= 0.6 is 0 Å². The topological polar surface area (TPSA) is 469 Å². The average Bonchev–Trinajstić information content (AvgIpc) is 1.63. The van der Waals surface area contributed by atoms with Crippen molar-refractivity contribution < 1.29 is 77.0 Å². The molecule has 136 heavy (non-hydrogen) atoms. The Morgan fingerprint density at radius 3 is 0.875 bits per heavy atom. The second kappa shape index (κ2) is 41.7. The molecular formula is C100H124N20O16. The molecule has 14 N–H and O–H groups in total. The number of piperidine rings is 4. The molecule has 6 fully saturated rings. The van der Waals surface area contributed by atoms with Gasteiger partial charge >= 0.3 is 0 Å². The van der Waals surface area contributed by atoms with Crippen LogP contribution in [0.25, 0.3) is 45.0 Å². The lowest BCUT2D eigenvalue weighted by atomic mass is 9.87. The molecule has 36 heteroatoms. The number of fused-ring (bicyclic) bond motifs is 4. The average molecular weight is 1860 g/mol. The number of likely N-dealkylation sites (tertiary alicyclic amines) is 4. The predicted molar refractivity (Wildman–Crippen MR) is 514 cm³/mol. The van der Waals surface area contributed by atoms with Crippen molar-refractivity contribution in [1.29, 1.82) is 0 Å². The maximum absolute atomic E-state index is 12.7. The molecule has 2 saturated carbocycles. The summed E-state index contributed by atoms with van der Waals surface area (Å²) in [4.78, 5) is 106. The van der Waals surface area contributed by atoms with Gasteiger partial charge < -0.3 is 102 Å². The van der Waals surface area contributed by atoms with Gasteiger partial charge in [0.2, 0.25) is 11.8 Å². The molecule has 12 heterocycles. The minimum absolute atomic E-state index is 0.0368. The number of ether oxygens (including phenoxy) is 6. The number of amides is 8. The zero-order valence-electron chi connectivity index (χ0n) is 79.0. The zero-order valence-corrected chi connectivity index (χ0v) is 79.0. The molecule has 8 aromatic rings. The van der Waals surface area contributed by atoms with Crippen LogP contribution in [0.15, 0.2) is 73.8 Å². The fourth-order valence-corrected chi connectivity index (χ4v) is 21.1. The van der Waals surface area contributed by atoms with Crippen molar-refractivity contribution in [2.75, 3.05) is 142 Å². The number of phenols is 2. The minimum atomic E-state index is -0.583. The lowest BCUT2D eigenvalue weighted by Gasteiger charge is -2.38. The number of nitrogens with two attached hydrogens (primary N) is 4. The lowest BCUT2D eigenvalue weighted by Crippen LogP contribution is -2.41. The van der Waals surface area contributed by atoms with Crippen LogP contribution in [0.4, 0.5) is 23.3 Å². The Balaban J connectivity index is 0.000000138. The molecule has 0 spiro atoms. The number of aromatic hydroxyl groups is 2. The van der Waals surface area contributed by atoms with E-state index in [9.17, 15) is 48.6 Å². The van der Waals surface area contributed by atoms with Gasteiger partial charge in [0, 0.05) is 123 Å². The molecule has 18 rings (SSSR count). The number of hydrogen-bond acceptors (Lipinski definition) is 24. The van der Waals surface area contributed by atoms with Crippen molar-refractivity contribution in [3.05, 3.63) is 118 Å². The summed E-state index contributed by atoms with van der Waals surface area (Å²) < 4.78 is 41.1. The van der Waals surface area contributed by atoms with E-state index in [1.807, 2.05) is 75.6 Å². The van der Waals surface area contributed by atoms with Crippen LogP contribution in [0.2, 0.25) is 0 Å². The molecule has 4 unspecified atom stereocenters. The number of aromatic nitrogens is 8. The van der Waals surface area contributed by atoms with Gasteiger partial charge in [-0.05, 0) is 238 Å². The molecule has 8 amide bonds. The monoisotopic (exact) mass is 1860 g/mol. The summed E-state index contributed by atoms with van der Waals surface area (Å²) in [5.74, 6) is 16.8. The van der Waals surface area contributed by atoms with E-state index in [2.05, 4.69) is 58.1 Å². The van der Waals surface area contributed by atoms with E-state index in [0.717, 1.165) is 150 Å². The lowest BCUT2D eigenvalue weighted by molar-refractivity contribution is -0.128. The predicted octanol–water partition coefficient (Wildman–Crippen LogP) is 11.2. The van der Waals surface area contributed by atoms with Crippen LogP contribution in [-0.4, -0.2) is 237 Å². The highest BCUT2D eigenvalue weighted by atomic mass is 16.5. The van der Waals surface area contributed by atoms with Gasteiger partial charge in [0.15, 0.2) is 0 Å². The van der Waals surface area contributed by atoms with E-state index in [1.54, 1.807) is 74.5 Å². The first-order valence-electron chi connectivity index (χ1n) is 46.8. The maximum atomic E-state index is 12.7. The molecule has 8 aliphatic heterocycles. The van der Waals surface area contributed by atoms with Crippen LogP contribution in [0.5, 0.6) is 46.0 Å². The Hall–Kier alpha value is -14.3. The largest absolute Gasteiger partial charge is 0.508 e. The summed E-state index contributed by atoms with van der Waals surface area (Å²) in [5, 5.41) is 54.0. The Bertz CT molecular complexity index is 6030. The number of benzene rings is 4. The van der Waals surface area contributed by atoms with E-state index in [0.29, 0.717) is 215 Å². The molecule has 4 aromatic carbocycles. The zero-order chi connectivity index (χ0) is 96.8. The van der Waals surface area contributed by atoms with E-state index < -0.39 is 23.6 Å². The first-order chi connectivity index (χ1) is 65.6. The number of methoxy groups -OCH3 is 6. The van der Waals surface area contributed by atoms with Crippen LogP contribution in [0.1, 0.15) is 216 Å². The highest BCUT2D eigenvalue weighted by molar-refractivity contribution is 6.07. The molecule has 0 radical (unpaired) electrons. The van der Waals surface area contributed by atoms with Crippen molar-refractivity contribution in [3.63, 3.8) is 0 Å². The van der Waals surface area contributed by atoms with E-state index in [1.165, 1.54) is 19.3 Å². The van der Waals surface area contributed by atoms with Gasteiger partial charge in [-0.3, -0.25) is 38.4 Å². The molecule has 4 atom stereocenters. The summed E-state index contributed by atoms with van der Waals surface area (Å²) in [6.45, 7) is 22.4. The smallest absolute Gasteiger partial charge is 0.298 e. The Kier molecular flexibility index (Phi) is 29.5. The van der Waals surface area contributed by atoms with Crippen molar-refractivity contribution >= 4 is 70.5 Å². The molecule has 4 saturated heterocycles. The SMILES string of the molecule is C=CC(=O)N1CCC(C2CCNc3c(C(N)=O)c(-c4cc(O)c(C)c(OC)c4)nn32)CC1.C=CC(=O)N1CCC(C2CCNc3c(C(N)=O)c(-c4cc(O)c(C5CC5)c(OC)c4)nn32)CC1.CC#CC(=O)N1CCC(C2CCNc3c(C(N)=O)c(-c4cc(OC)c(C)c(OC)c4)nn32)CC1.CC#CC(=O)N1CCC(C2CCNc3c(C(N)=O)c(-c4cc(OC)c(C5CC5)c(OC)c4)nn32)CC1. The van der Waals surface area contributed by atoms with Crippen molar-refractivity contribution in [2.24, 2.45) is 46.6 Å². The molecule has 720 valence electrons. The minimum Gasteiger partial charge on any atom is -0.508 e. The van der Waals surface area contributed by atoms with Gasteiger partial charge in [-0.2, -0.15) is 20.4 Å². The van der Waals surface area contributed by atoms with Crippen LogP contribution in [0.3, 0.4) is 0 Å². The summed E-state index contributed by atoms with van der Waals surface area (Å²) in [5.41, 5.74) is 32.6. The van der Waals surface area contributed by atoms with Crippen LogP contribution in [0, 0.1) is 61.2 Å². The third kappa shape index (κ3) is 19.5. The first kappa shape index (κ1) is 96.3. The fraction of sp³-hybridized carbons (Fsp3) is 0.480. The number of anilines is 4. The second-order valence-electron chi connectivity index (χ2n) is 36.2. The summed E-state index contributed by atoms with van der Waals surface area (Å²) >= 11 is 0. The number of primary amides is 4. The highest BCUT2D eigenvalue weighted by Gasteiger charge is 2.44. The van der Waals surface area contributed by atoms with E-state index in [4.69, 9.17) is 71.8 Å². The van der Waals surface area contributed by atoms with Gasteiger partial charge in [-0.25, -0.2) is 18.7 Å². The molecule has 4 aromatic heterocycles. The van der Waals surface area contributed by atoms with Crippen molar-refractivity contribution in [3.8, 4) is 115 Å². The van der Waals surface area contributed by atoms with Crippen LogP contribution < -0.4 is 72.6 Å². The number of carbonyl (C=O) groups excluding carboxylic acids is 8. The van der Waals surface area contributed by atoms with Gasteiger partial charge in [-0.1, -0.05) is 25.0 Å². The Labute approximate surface area is 790 Å². The summed E-state index contributed by atoms with van der Waals surface area (Å²) in [6.07, 6.45) is 17.3. The molecule has 10 aliphatic rings. The fourth-order valence-electron chi connectivity index (χ4n) is 21.1. The number of phenolic OH excluding ortho intramolecular Hbond substituents is 2. The first-order valence-corrected chi connectivity index (χ1v) is 46.8. The molecule has 36 nitrogen and oxygen atoms in total. The molecular weight excluding hydrogens is 1740 g/mol. The van der Waals surface area contributed by atoms with Crippen LogP contribution in [-0.2, 0) is 19.2 Å². The van der Waals surface area contributed by atoms with E-state index >= 15 is 0 Å². The number of hydrogen-bond donors (Lipinski definition) is 10. The van der Waals surface area contributed by atoms with Gasteiger partial charge in [0.05, 0.1) is 66.8 Å². The van der Waals surface area contributed by atoms with Crippen molar-refractivity contribution in [1.82, 2.24) is 58.7 Å². The third-order valence-corrected chi connectivity index (χ3v) is 28.4.